The fourth-order valence-corrected chi connectivity index (χ4v) is 18.3. The van der Waals surface area contributed by atoms with E-state index in [2.05, 4.69) is 41.6 Å². The SMILES string of the molecule is CC(C)=CC(=O)N[C@@H](Cc1ccccc1)[C@H](O)CN(Cc1cccs1)S(=O)(=O)c1cnoc1C.Cc1oncc1S(=O)(=O)N(Cc1cccs1)C[C@@H](O)[C@H](Cc1ccccc1)NC(=O)C1COC(=O)[C@H]1C.Cc1oncc1S(=O)(=O)N(Cc1cccs1)C[C@@H](O)[C@H](Cc1ccccc1)NC(=O)c1ccnnc1. The lowest BCUT2D eigenvalue weighted by Crippen LogP contribution is -2.52. The summed E-state index contributed by atoms with van der Waals surface area (Å²) in [7, 11) is -12.1. The predicted molar refractivity (Wildman–Crippen MR) is 398 cm³/mol. The molecule has 1 saturated heterocycles. The van der Waals surface area contributed by atoms with E-state index >= 15 is 0 Å². The minimum Gasteiger partial charge on any atom is -0.465 e. The molecule has 568 valence electrons. The number of hydrogen-bond acceptors (Lipinski definition) is 25. The van der Waals surface area contributed by atoms with Gasteiger partial charge in [-0.25, -0.2) is 25.3 Å². The van der Waals surface area contributed by atoms with Gasteiger partial charge in [-0.05, 0) is 111 Å². The molecule has 0 radical (unpaired) electrons. The zero-order chi connectivity index (χ0) is 76.8. The maximum atomic E-state index is 13.5. The van der Waals surface area contributed by atoms with Crippen molar-refractivity contribution in [1.82, 2.24) is 54.5 Å². The number of nitrogens with zero attached hydrogens (tertiary/aromatic N) is 8. The number of cyclic esters (lactones) is 1. The first-order valence-electron chi connectivity index (χ1n) is 33.6. The van der Waals surface area contributed by atoms with Crippen LogP contribution in [0.4, 0.5) is 0 Å². The molecule has 7 aromatic heterocycles. The summed E-state index contributed by atoms with van der Waals surface area (Å²) in [5.41, 5.74) is 3.72. The highest BCUT2D eigenvalue weighted by molar-refractivity contribution is 7.89. The third-order valence-corrected chi connectivity index (χ3v) is 25.4. The third kappa shape index (κ3) is 22.9. The van der Waals surface area contributed by atoms with Crippen LogP contribution in [-0.2, 0) is 88.1 Å². The molecule has 8 atom stereocenters. The van der Waals surface area contributed by atoms with Crippen LogP contribution in [0, 0.1) is 32.6 Å². The van der Waals surface area contributed by atoms with Crippen molar-refractivity contribution in [2.45, 2.75) is 132 Å². The smallest absolute Gasteiger partial charge is 0.309 e. The van der Waals surface area contributed by atoms with Gasteiger partial charge >= 0.3 is 5.97 Å². The van der Waals surface area contributed by atoms with Gasteiger partial charge in [0.05, 0.1) is 84.8 Å². The number of aliphatic hydroxyl groups is 3. The van der Waals surface area contributed by atoms with E-state index in [-0.39, 0.29) is 102 Å². The Morgan fingerprint density at radius 3 is 1.21 bits per heavy atom. The first-order chi connectivity index (χ1) is 51.2. The Balaban J connectivity index is 0.000000186. The molecule has 28 nitrogen and oxygen atoms in total. The number of aromatic nitrogens is 5. The number of thiophene rings is 3. The third-order valence-electron chi connectivity index (χ3n) is 17.1. The molecule has 1 unspecified atom stereocenters. The maximum absolute atomic E-state index is 13.5. The molecule has 0 spiro atoms. The van der Waals surface area contributed by atoms with E-state index in [4.69, 9.17) is 18.3 Å². The van der Waals surface area contributed by atoms with Gasteiger partial charge in [-0.3, -0.25) is 19.2 Å². The van der Waals surface area contributed by atoms with E-state index in [1.54, 1.807) is 20.8 Å². The van der Waals surface area contributed by atoms with Gasteiger partial charge in [0.2, 0.25) is 41.9 Å². The number of aliphatic hydroxyl groups excluding tert-OH is 3. The summed E-state index contributed by atoms with van der Waals surface area (Å²) in [6.45, 7) is 9.09. The number of carbonyl (C=O) groups excluding carboxylic acids is 4. The fourth-order valence-electron chi connectivity index (χ4n) is 11.3. The van der Waals surface area contributed by atoms with Crippen LogP contribution in [0.1, 0.15) is 79.7 Å². The van der Waals surface area contributed by atoms with E-state index in [0.29, 0.717) is 6.42 Å². The molecule has 10 aromatic rings. The zero-order valence-electron chi connectivity index (χ0n) is 59.2. The summed E-state index contributed by atoms with van der Waals surface area (Å²) in [5, 5.41) is 66.2. The molecule has 8 heterocycles. The van der Waals surface area contributed by atoms with Crippen molar-refractivity contribution in [3.8, 4) is 0 Å². The van der Waals surface area contributed by atoms with Crippen molar-refractivity contribution < 1.29 is 78.1 Å². The van der Waals surface area contributed by atoms with Crippen LogP contribution in [0.5, 0.6) is 0 Å². The minimum absolute atomic E-state index is 0.0235. The minimum atomic E-state index is -4.08. The quantitative estimate of drug-likeness (QED) is 0.0168. The highest BCUT2D eigenvalue weighted by Gasteiger charge is 2.41. The molecule has 0 aliphatic carbocycles. The maximum Gasteiger partial charge on any atom is 0.309 e. The Hall–Kier alpha value is -9.30. The number of allylic oxidation sites excluding steroid dienone is 1. The molecule has 11 rings (SSSR count). The second-order valence-electron chi connectivity index (χ2n) is 25.3. The molecule has 0 bridgehead atoms. The lowest BCUT2D eigenvalue weighted by molar-refractivity contribution is -0.141. The number of esters is 1. The number of nitrogens with one attached hydrogen (secondary N) is 3. The average Bonchev–Trinajstić information content (AvgIpc) is 1.75. The van der Waals surface area contributed by atoms with Gasteiger partial charge in [0.25, 0.3) is 5.91 Å². The number of carbonyl (C=O) groups is 4. The Morgan fingerprint density at radius 2 is 0.897 bits per heavy atom. The number of ether oxygens (including phenoxy) is 1. The lowest BCUT2D eigenvalue weighted by atomic mass is 9.94. The lowest BCUT2D eigenvalue weighted by Gasteiger charge is -2.30. The van der Waals surface area contributed by atoms with E-state index in [9.17, 15) is 59.8 Å². The summed E-state index contributed by atoms with van der Waals surface area (Å²) >= 11 is 4.22. The van der Waals surface area contributed by atoms with Gasteiger partial charge in [-0.15, -0.1) is 34.0 Å². The van der Waals surface area contributed by atoms with Gasteiger partial charge in [0.1, 0.15) is 21.3 Å². The van der Waals surface area contributed by atoms with Crippen LogP contribution in [0.2, 0.25) is 0 Å². The molecule has 0 saturated carbocycles. The van der Waals surface area contributed by atoms with Gasteiger partial charge in [0, 0.05) is 60.0 Å². The van der Waals surface area contributed by atoms with Gasteiger partial charge < -0.3 is 49.6 Å². The molecule has 1 aliphatic rings. The van der Waals surface area contributed by atoms with Crippen LogP contribution in [0.15, 0.2) is 220 Å². The number of sulfonamides is 3. The topological polar surface area (TPSA) is 390 Å². The first kappa shape index (κ1) is 81.8. The molecule has 34 heteroatoms. The number of benzene rings is 3. The van der Waals surface area contributed by atoms with Crippen molar-refractivity contribution in [3.63, 3.8) is 0 Å². The first-order valence-corrected chi connectivity index (χ1v) is 40.6. The average molecular weight is 1580 g/mol. The highest BCUT2D eigenvalue weighted by Crippen LogP contribution is 2.29. The molecule has 1 aliphatic heterocycles. The van der Waals surface area contributed by atoms with Crippen LogP contribution in [-0.4, -0.2) is 166 Å². The summed E-state index contributed by atoms with van der Waals surface area (Å²) in [6.07, 6.45) is 4.81. The normalized spacial score (nSPS) is 15.5. The van der Waals surface area contributed by atoms with Gasteiger partial charge in [-0.1, -0.05) is 137 Å². The Labute approximate surface area is 632 Å². The molecular formula is C73H83N11O17S6. The summed E-state index contributed by atoms with van der Waals surface area (Å²) < 4.78 is 105. The molecule has 3 amide bonds. The predicted octanol–water partition coefficient (Wildman–Crippen LogP) is 7.85. The number of rotatable bonds is 33. The largest absolute Gasteiger partial charge is 0.465 e. The Kier molecular flexibility index (Phi) is 29.4. The second kappa shape index (κ2) is 38.5. The van der Waals surface area contributed by atoms with Crippen molar-refractivity contribution in [3.05, 3.63) is 246 Å². The van der Waals surface area contributed by atoms with Gasteiger partial charge in [0.15, 0.2) is 17.3 Å². The van der Waals surface area contributed by atoms with Crippen molar-refractivity contribution in [2.75, 3.05) is 26.2 Å². The monoisotopic (exact) mass is 1580 g/mol. The number of aryl methyl sites for hydroxylation is 3. The van der Waals surface area contributed by atoms with Crippen LogP contribution in [0.3, 0.4) is 0 Å². The van der Waals surface area contributed by atoms with Crippen molar-refractivity contribution >= 4 is 87.8 Å². The molecule has 3 aromatic carbocycles. The van der Waals surface area contributed by atoms with Crippen molar-refractivity contribution in [2.24, 2.45) is 11.8 Å². The summed E-state index contributed by atoms with van der Waals surface area (Å²) in [6, 6.07) is 38.1. The second-order valence-corrected chi connectivity index (χ2v) is 34.1. The number of hydrogen-bond donors (Lipinski definition) is 6. The van der Waals surface area contributed by atoms with E-state index in [1.807, 2.05) is 144 Å². The van der Waals surface area contributed by atoms with E-state index in [1.165, 1.54) is 87.9 Å². The summed E-state index contributed by atoms with van der Waals surface area (Å²) in [5.74, 6) is -2.51. The molecule has 107 heavy (non-hydrogen) atoms. The molecule has 1 fully saturated rings. The number of amides is 3. The Morgan fingerprint density at radius 1 is 0.523 bits per heavy atom. The molecule has 6 N–H and O–H groups in total. The van der Waals surface area contributed by atoms with E-state index < -0.39 is 96.1 Å². The van der Waals surface area contributed by atoms with Crippen LogP contribution < -0.4 is 16.0 Å². The van der Waals surface area contributed by atoms with E-state index in [0.717, 1.165) is 59.8 Å². The van der Waals surface area contributed by atoms with Gasteiger partial charge in [-0.2, -0.15) is 23.1 Å². The van der Waals surface area contributed by atoms with Crippen LogP contribution >= 0.6 is 34.0 Å². The zero-order valence-corrected chi connectivity index (χ0v) is 64.1. The highest BCUT2D eigenvalue weighted by atomic mass is 32.2. The fraction of sp³-hybridized carbons (Fsp3) is 0.329. The standard InChI is InChI=1S/C25H29N3O7S2.C24H25N5O5S2.C24H29N3O5S2/c1-16-20(15-34-25(16)31)24(30)27-21(11-18-7-4-3-5-8-18)22(29)14-28(13-19-9-6-10-36-19)37(32,33)23-12-26-35-17(23)2;1-17-23(14-27-34-17)36(32,33)29(15-20-8-5-11-35-20)16-22(30)21(12-18-6-3-2-4-7-18)28-24(31)19-9-10-25-26-13-19;1-17(2)12-24(29)26-21(13-19-8-5-4-6-9-19)22(28)16-27(15-20-10-7-11-33-20)34(30,31)23-14-25-32-18(23)3/h3-10,12,16,20-22,29H,11,13-15H2,1-2H3,(H,27,30);2-11,13-14,21-22,30H,12,15-16H2,1H3,(H,28,31);4-12,14,21-22,28H,13,15-16H2,1-3H3,(H,26,29)/t16-,20?,21-,22+;2*21-,22+/m000/s1. The Bertz CT molecular complexity index is 4840. The van der Waals surface area contributed by atoms with Crippen molar-refractivity contribution in [1.29, 1.82) is 0 Å². The molecular weight excluding hydrogens is 1500 g/mol. The summed E-state index contributed by atoms with van der Waals surface area (Å²) in [4.78, 5) is 52.4. The van der Waals surface area contributed by atoms with Crippen LogP contribution in [0.25, 0.3) is 0 Å².